The van der Waals surface area contributed by atoms with Crippen molar-refractivity contribution >= 4 is 22.5 Å². The predicted octanol–water partition coefficient (Wildman–Crippen LogP) is 3.40. The summed E-state index contributed by atoms with van der Waals surface area (Å²) in [5, 5.41) is 1.21. The van der Waals surface area contributed by atoms with Crippen LogP contribution in [0.1, 0.15) is 23.1 Å². The molecule has 0 saturated carbocycles. The van der Waals surface area contributed by atoms with Crippen LogP contribution in [-0.4, -0.2) is 36.1 Å². The molecule has 0 radical (unpaired) electrons. The first kappa shape index (κ1) is 14.6. The Morgan fingerprint density at radius 3 is 2.72 bits per heavy atom. The van der Waals surface area contributed by atoms with Crippen LogP contribution in [0.5, 0.6) is 0 Å². The summed E-state index contributed by atoms with van der Waals surface area (Å²) in [7, 11) is 4.02. The molecule has 126 valence electrons. The maximum atomic E-state index is 12.7. The number of hydrogen-bond acceptors (Lipinski definition) is 2. The van der Waals surface area contributed by atoms with Gasteiger partial charge in [0.05, 0.1) is 5.41 Å². The zero-order valence-electron chi connectivity index (χ0n) is 14.7. The summed E-state index contributed by atoms with van der Waals surface area (Å²) >= 11 is 0. The van der Waals surface area contributed by atoms with Crippen molar-refractivity contribution in [1.82, 2.24) is 9.88 Å². The summed E-state index contributed by atoms with van der Waals surface area (Å²) in [6, 6.07) is 15.0. The number of carbonyl (C=O) groups excluding carboxylic acids is 1. The third-order valence-electron chi connectivity index (χ3n) is 6.08. The highest BCUT2D eigenvalue weighted by molar-refractivity contribution is 5.93. The molecule has 5 rings (SSSR count). The number of anilines is 1. The van der Waals surface area contributed by atoms with Crippen molar-refractivity contribution in [1.29, 1.82) is 0 Å². The lowest BCUT2D eigenvalue weighted by atomic mass is 9.73. The fraction of sp³-hybridized carbons (Fsp3) is 0.286. The van der Waals surface area contributed by atoms with E-state index in [0.29, 0.717) is 6.42 Å². The summed E-state index contributed by atoms with van der Waals surface area (Å²) in [6.07, 6.45) is 2.63. The smallest absolute Gasteiger partial charge is 0.225 e. The number of nitrogens with zero attached hydrogens (tertiary/aromatic N) is 2. The van der Waals surface area contributed by atoms with Crippen molar-refractivity contribution in [3.8, 4) is 0 Å². The molecule has 4 heteroatoms. The Kier molecular flexibility index (Phi) is 2.72. The highest BCUT2D eigenvalue weighted by Crippen LogP contribution is 2.56. The van der Waals surface area contributed by atoms with E-state index in [2.05, 4.69) is 72.5 Å². The van der Waals surface area contributed by atoms with Crippen molar-refractivity contribution < 1.29 is 4.79 Å². The number of aryl methyl sites for hydroxylation is 1. The molecule has 1 fully saturated rings. The van der Waals surface area contributed by atoms with Crippen molar-refractivity contribution in [2.24, 2.45) is 0 Å². The van der Waals surface area contributed by atoms with Gasteiger partial charge >= 0.3 is 0 Å². The van der Waals surface area contributed by atoms with E-state index in [1.807, 2.05) is 11.9 Å². The number of likely N-dealkylation sites (N-methyl/N-ethyl adjacent to an activating group) is 2. The van der Waals surface area contributed by atoms with Crippen molar-refractivity contribution in [2.45, 2.75) is 24.9 Å². The number of hydrogen-bond donors (Lipinski definition) is 1. The van der Waals surface area contributed by atoms with Gasteiger partial charge in [0.25, 0.3) is 0 Å². The average molecular weight is 331 g/mol. The Morgan fingerprint density at radius 2 is 1.88 bits per heavy atom. The standard InChI is InChI=1S/C21H21N3O/c1-13-8-9-14-16(12-22-17(14)10-13)21-11-19(25)24(3)20(21)23(2)18-7-5-4-6-15(18)21/h4-10,12,20,22H,11H2,1-3H3/t20-,21-/m0/s1. The molecule has 2 aliphatic heterocycles. The highest BCUT2D eigenvalue weighted by Gasteiger charge is 2.60. The molecule has 2 aromatic carbocycles. The number of fused-ring (bicyclic) bond motifs is 4. The number of para-hydroxylation sites is 1. The number of H-pyrrole nitrogens is 1. The van der Waals surface area contributed by atoms with Gasteiger partial charge in [-0.1, -0.05) is 30.3 Å². The van der Waals surface area contributed by atoms with Crippen LogP contribution >= 0.6 is 0 Å². The molecule has 0 bridgehead atoms. The fourth-order valence-electron chi connectivity index (χ4n) is 5.02. The van der Waals surface area contributed by atoms with Crippen LogP contribution in [0.3, 0.4) is 0 Å². The molecule has 2 aliphatic rings. The SMILES string of the molecule is Cc1ccc2c([C@@]34CC(=O)N(C)[C@@H]3N(C)c3ccccc34)c[nH]c2c1. The van der Waals surface area contributed by atoms with Crippen LogP contribution in [0.2, 0.25) is 0 Å². The van der Waals surface area contributed by atoms with E-state index in [4.69, 9.17) is 0 Å². The summed E-state index contributed by atoms with van der Waals surface area (Å²) < 4.78 is 0. The van der Waals surface area contributed by atoms with Gasteiger partial charge in [-0.2, -0.15) is 0 Å². The molecule has 0 aliphatic carbocycles. The summed E-state index contributed by atoms with van der Waals surface area (Å²) in [5.41, 5.74) is 5.73. The Bertz CT molecular complexity index is 1020. The third-order valence-corrected chi connectivity index (χ3v) is 6.08. The average Bonchev–Trinajstić information content (AvgIpc) is 3.21. The molecule has 3 aromatic rings. The predicted molar refractivity (Wildman–Crippen MR) is 99.8 cm³/mol. The molecular weight excluding hydrogens is 310 g/mol. The summed E-state index contributed by atoms with van der Waals surface area (Å²) in [6.45, 7) is 2.10. The van der Waals surface area contributed by atoms with Crippen LogP contribution in [-0.2, 0) is 10.2 Å². The Balaban J connectivity index is 1.86. The molecule has 25 heavy (non-hydrogen) atoms. The molecule has 4 nitrogen and oxygen atoms in total. The van der Waals surface area contributed by atoms with Gasteiger partial charge in [0.2, 0.25) is 5.91 Å². The number of carbonyl (C=O) groups is 1. The quantitative estimate of drug-likeness (QED) is 0.742. The van der Waals surface area contributed by atoms with Gasteiger partial charge in [-0.25, -0.2) is 0 Å². The topological polar surface area (TPSA) is 39.3 Å². The maximum Gasteiger partial charge on any atom is 0.225 e. The molecule has 1 saturated heterocycles. The fourth-order valence-corrected chi connectivity index (χ4v) is 5.02. The normalized spacial score (nSPS) is 24.9. The largest absolute Gasteiger partial charge is 0.361 e. The Labute approximate surface area is 147 Å². The van der Waals surface area contributed by atoms with E-state index < -0.39 is 0 Å². The van der Waals surface area contributed by atoms with Gasteiger partial charge < -0.3 is 14.8 Å². The first-order valence-electron chi connectivity index (χ1n) is 8.70. The third kappa shape index (κ3) is 1.64. The van der Waals surface area contributed by atoms with Crippen LogP contribution in [0.4, 0.5) is 5.69 Å². The van der Waals surface area contributed by atoms with E-state index in [0.717, 1.165) is 5.52 Å². The van der Waals surface area contributed by atoms with E-state index in [1.165, 1.54) is 27.8 Å². The number of aromatic nitrogens is 1. The molecular formula is C21H21N3O. The van der Waals surface area contributed by atoms with Gasteiger partial charge in [0.15, 0.2) is 0 Å². The first-order chi connectivity index (χ1) is 12.0. The van der Waals surface area contributed by atoms with Gasteiger partial charge in [-0.05, 0) is 35.7 Å². The molecule has 1 amide bonds. The summed E-state index contributed by atoms with van der Waals surface area (Å²) in [4.78, 5) is 20.3. The van der Waals surface area contributed by atoms with Crippen molar-refractivity contribution in [3.63, 3.8) is 0 Å². The number of aromatic amines is 1. The van der Waals surface area contributed by atoms with Crippen LogP contribution in [0.15, 0.2) is 48.7 Å². The minimum Gasteiger partial charge on any atom is -0.361 e. The lowest BCUT2D eigenvalue weighted by molar-refractivity contribution is -0.127. The van der Waals surface area contributed by atoms with E-state index in [1.54, 1.807) is 0 Å². The zero-order chi connectivity index (χ0) is 17.3. The second-order valence-corrected chi connectivity index (χ2v) is 7.41. The number of nitrogens with one attached hydrogen (secondary N) is 1. The number of likely N-dealkylation sites (tertiary alicyclic amines) is 1. The van der Waals surface area contributed by atoms with Crippen molar-refractivity contribution in [2.75, 3.05) is 19.0 Å². The minimum atomic E-state index is -0.329. The maximum absolute atomic E-state index is 12.7. The summed E-state index contributed by atoms with van der Waals surface area (Å²) in [5.74, 6) is 0.202. The van der Waals surface area contributed by atoms with Gasteiger partial charge in [-0.15, -0.1) is 0 Å². The Morgan fingerprint density at radius 1 is 1.08 bits per heavy atom. The first-order valence-corrected chi connectivity index (χ1v) is 8.70. The highest BCUT2D eigenvalue weighted by atomic mass is 16.2. The number of rotatable bonds is 1. The molecule has 0 spiro atoms. The zero-order valence-corrected chi connectivity index (χ0v) is 14.7. The van der Waals surface area contributed by atoms with Crippen LogP contribution < -0.4 is 4.90 Å². The van der Waals surface area contributed by atoms with Crippen LogP contribution in [0.25, 0.3) is 10.9 Å². The molecule has 1 aromatic heterocycles. The number of benzene rings is 2. The number of amides is 1. The molecule has 0 unspecified atom stereocenters. The van der Waals surface area contributed by atoms with Gasteiger partial charge in [-0.3, -0.25) is 4.79 Å². The molecule has 1 N–H and O–H groups in total. The van der Waals surface area contributed by atoms with Crippen LogP contribution in [0, 0.1) is 6.92 Å². The van der Waals surface area contributed by atoms with Gasteiger partial charge in [0.1, 0.15) is 6.17 Å². The second-order valence-electron chi connectivity index (χ2n) is 7.41. The van der Waals surface area contributed by atoms with E-state index in [-0.39, 0.29) is 17.5 Å². The molecule has 2 atom stereocenters. The minimum absolute atomic E-state index is 0.0118. The van der Waals surface area contributed by atoms with Crippen molar-refractivity contribution in [3.05, 3.63) is 65.4 Å². The monoisotopic (exact) mass is 331 g/mol. The second kappa shape index (κ2) is 4.66. The Hall–Kier alpha value is -2.75. The van der Waals surface area contributed by atoms with E-state index in [9.17, 15) is 4.79 Å². The van der Waals surface area contributed by atoms with E-state index >= 15 is 0 Å². The molecule has 3 heterocycles. The lowest BCUT2D eigenvalue weighted by Gasteiger charge is -2.34. The lowest BCUT2D eigenvalue weighted by Crippen LogP contribution is -2.47. The van der Waals surface area contributed by atoms with Gasteiger partial charge in [0, 0.05) is 43.3 Å².